The Balaban J connectivity index is 2.15. The third kappa shape index (κ3) is 2.88. The molecule has 0 aliphatic rings. The van der Waals surface area contributed by atoms with E-state index in [2.05, 4.69) is 5.32 Å². The van der Waals surface area contributed by atoms with Crippen molar-refractivity contribution in [1.29, 1.82) is 0 Å². The summed E-state index contributed by atoms with van der Waals surface area (Å²) < 4.78 is 5.48. The van der Waals surface area contributed by atoms with E-state index < -0.39 is 5.75 Å². The third-order valence-corrected chi connectivity index (χ3v) is 2.87. The summed E-state index contributed by atoms with van der Waals surface area (Å²) in [5, 5.41) is 31.6. The van der Waals surface area contributed by atoms with E-state index in [1.165, 1.54) is 6.07 Å². The van der Waals surface area contributed by atoms with Gasteiger partial charge >= 0.3 is 0 Å². The smallest absolute Gasteiger partial charge is 0.200 e. The van der Waals surface area contributed by atoms with Crippen molar-refractivity contribution >= 4 is 5.69 Å². The molecule has 0 spiro atoms. The molecule has 5 heteroatoms. The molecule has 106 valence electrons. The van der Waals surface area contributed by atoms with Gasteiger partial charge in [0.25, 0.3) is 0 Å². The minimum absolute atomic E-state index is 0.295. The summed E-state index contributed by atoms with van der Waals surface area (Å²) in [5.41, 5.74) is 1.27. The van der Waals surface area contributed by atoms with Crippen molar-refractivity contribution in [2.75, 3.05) is 11.9 Å². The Morgan fingerprint density at radius 2 is 1.75 bits per heavy atom. The van der Waals surface area contributed by atoms with Crippen LogP contribution < -0.4 is 10.1 Å². The summed E-state index contributed by atoms with van der Waals surface area (Å²) in [4.78, 5) is 0. The molecule has 0 bridgehead atoms. The molecule has 0 aromatic heterocycles. The zero-order chi connectivity index (χ0) is 14.5. The van der Waals surface area contributed by atoms with Crippen LogP contribution in [0.2, 0.25) is 0 Å². The van der Waals surface area contributed by atoms with Crippen LogP contribution in [0.25, 0.3) is 0 Å². The number of para-hydroxylation sites is 2. The highest BCUT2D eigenvalue weighted by atomic mass is 16.5. The van der Waals surface area contributed by atoms with Crippen molar-refractivity contribution < 1.29 is 20.1 Å². The van der Waals surface area contributed by atoms with Crippen LogP contribution in [-0.4, -0.2) is 21.9 Å². The quantitative estimate of drug-likeness (QED) is 0.631. The normalized spacial score (nSPS) is 10.2. The predicted octanol–water partition coefficient (Wildman–Crippen LogP) is 2.81. The van der Waals surface area contributed by atoms with Crippen LogP contribution in [0.3, 0.4) is 0 Å². The average molecular weight is 275 g/mol. The Hall–Kier alpha value is -2.56. The first-order valence-electron chi connectivity index (χ1n) is 6.32. The molecule has 20 heavy (non-hydrogen) atoms. The maximum atomic E-state index is 9.75. The topological polar surface area (TPSA) is 82.0 Å². The lowest BCUT2D eigenvalue weighted by molar-refractivity contribution is 0.341. The number of phenolic OH excluding ortho intramolecular Hbond substituents is 3. The number of rotatable bonds is 5. The molecule has 0 heterocycles. The van der Waals surface area contributed by atoms with Crippen molar-refractivity contribution in [3.8, 4) is 23.0 Å². The highest BCUT2D eigenvalue weighted by molar-refractivity contribution is 5.58. The molecule has 0 atom stereocenters. The lowest BCUT2D eigenvalue weighted by Crippen LogP contribution is -2.02. The summed E-state index contributed by atoms with van der Waals surface area (Å²) in [6.07, 6.45) is 0. The fourth-order valence-corrected chi connectivity index (χ4v) is 1.84. The molecule has 0 radical (unpaired) electrons. The van der Waals surface area contributed by atoms with E-state index in [4.69, 9.17) is 4.74 Å². The lowest BCUT2D eigenvalue weighted by atomic mass is 10.1. The van der Waals surface area contributed by atoms with Crippen LogP contribution >= 0.6 is 0 Å². The highest BCUT2D eigenvalue weighted by Crippen LogP contribution is 2.37. The molecule has 0 amide bonds. The van der Waals surface area contributed by atoms with Gasteiger partial charge in [0.05, 0.1) is 12.3 Å². The van der Waals surface area contributed by atoms with E-state index in [0.717, 1.165) is 11.4 Å². The van der Waals surface area contributed by atoms with Crippen LogP contribution in [-0.2, 0) is 6.54 Å². The molecule has 5 nitrogen and oxygen atoms in total. The van der Waals surface area contributed by atoms with Gasteiger partial charge in [-0.3, -0.25) is 0 Å². The van der Waals surface area contributed by atoms with Crippen LogP contribution in [0.15, 0.2) is 36.4 Å². The highest BCUT2D eigenvalue weighted by Gasteiger charge is 2.11. The minimum Gasteiger partial charge on any atom is -0.504 e. The fourth-order valence-electron chi connectivity index (χ4n) is 1.84. The number of ether oxygens (including phenoxy) is 1. The molecule has 0 aliphatic heterocycles. The molecule has 0 fully saturated rings. The van der Waals surface area contributed by atoms with Gasteiger partial charge < -0.3 is 25.4 Å². The summed E-state index contributed by atoms with van der Waals surface area (Å²) in [6, 6.07) is 10.3. The van der Waals surface area contributed by atoms with Gasteiger partial charge in [-0.1, -0.05) is 12.1 Å². The average Bonchev–Trinajstić information content (AvgIpc) is 2.46. The maximum Gasteiger partial charge on any atom is 0.200 e. The SMILES string of the molecule is CCOc1ccccc1NCc1ccc(O)c(O)c1O. The Morgan fingerprint density at radius 1 is 1.00 bits per heavy atom. The molecule has 2 rings (SSSR count). The Morgan fingerprint density at radius 3 is 2.50 bits per heavy atom. The van der Waals surface area contributed by atoms with E-state index in [1.807, 2.05) is 31.2 Å². The van der Waals surface area contributed by atoms with Gasteiger partial charge in [0.15, 0.2) is 11.5 Å². The van der Waals surface area contributed by atoms with Gasteiger partial charge in [-0.25, -0.2) is 0 Å². The van der Waals surface area contributed by atoms with Crippen molar-refractivity contribution in [2.45, 2.75) is 13.5 Å². The van der Waals surface area contributed by atoms with E-state index in [9.17, 15) is 15.3 Å². The minimum atomic E-state index is -0.512. The molecule has 4 N–H and O–H groups in total. The zero-order valence-electron chi connectivity index (χ0n) is 11.1. The van der Waals surface area contributed by atoms with Gasteiger partial charge in [-0.15, -0.1) is 0 Å². The van der Waals surface area contributed by atoms with Crippen LogP contribution in [0.5, 0.6) is 23.0 Å². The summed E-state index contributed by atoms with van der Waals surface area (Å²) in [7, 11) is 0. The fraction of sp³-hybridized carbons (Fsp3) is 0.200. The van der Waals surface area contributed by atoms with Crippen molar-refractivity contribution in [3.05, 3.63) is 42.0 Å². The van der Waals surface area contributed by atoms with E-state index in [0.29, 0.717) is 18.7 Å². The summed E-state index contributed by atoms with van der Waals surface area (Å²) in [6.45, 7) is 2.76. The molecule has 2 aromatic carbocycles. The first-order valence-corrected chi connectivity index (χ1v) is 6.32. The molecule has 0 saturated heterocycles. The number of hydrogen-bond acceptors (Lipinski definition) is 5. The Bertz CT molecular complexity index is 598. The molecular formula is C15H17NO4. The Labute approximate surface area is 117 Å². The molecule has 0 unspecified atom stereocenters. The third-order valence-electron chi connectivity index (χ3n) is 2.87. The van der Waals surface area contributed by atoms with Gasteiger partial charge in [0.2, 0.25) is 5.75 Å². The largest absolute Gasteiger partial charge is 0.504 e. The number of aromatic hydroxyl groups is 3. The van der Waals surface area contributed by atoms with Crippen molar-refractivity contribution in [2.24, 2.45) is 0 Å². The lowest BCUT2D eigenvalue weighted by Gasteiger charge is -2.13. The van der Waals surface area contributed by atoms with Gasteiger partial charge in [-0.2, -0.15) is 0 Å². The summed E-state index contributed by atoms with van der Waals surface area (Å²) >= 11 is 0. The van der Waals surface area contributed by atoms with E-state index in [-0.39, 0.29) is 11.5 Å². The van der Waals surface area contributed by atoms with Crippen LogP contribution in [0, 0.1) is 0 Å². The van der Waals surface area contributed by atoms with E-state index >= 15 is 0 Å². The monoisotopic (exact) mass is 275 g/mol. The molecule has 0 aliphatic carbocycles. The standard InChI is InChI=1S/C15H17NO4/c1-2-20-13-6-4-3-5-11(13)16-9-10-7-8-12(17)15(19)14(10)18/h3-8,16-19H,2,9H2,1H3. The van der Waals surface area contributed by atoms with Crippen molar-refractivity contribution in [3.63, 3.8) is 0 Å². The van der Waals surface area contributed by atoms with E-state index in [1.54, 1.807) is 6.07 Å². The van der Waals surface area contributed by atoms with Crippen LogP contribution in [0.4, 0.5) is 5.69 Å². The van der Waals surface area contributed by atoms with Crippen molar-refractivity contribution in [1.82, 2.24) is 0 Å². The predicted molar refractivity (Wildman–Crippen MR) is 76.4 cm³/mol. The van der Waals surface area contributed by atoms with Crippen LogP contribution in [0.1, 0.15) is 12.5 Å². The number of phenols is 3. The first-order chi connectivity index (χ1) is 9.63. The Kier molecular flexibility index (Phi) is 4.20. The number of anilines is 1. The maximum absolute atomic E-state index is 9.75. The number of benzene rings is 2. The first kappa shape index (κ1) is 13.9. The second-order valence-electron chi connectivity index (χ2n) is 4.22. The zero-order valence-corrected chi connectivity index (χ0v) is 11.1. The number of nitrogens with one attached hydrogen (secondary N) is 1. The molecule has 2 aromatic rings. The molecular weight excluding hydrogens is 258 g/mol. The van der Waals surface area contributed by atoms with Gasteiger partial charge in [-0.05, 0) is 31.2 Å². The number of hydrogen-bond donors (Lipinski definition) is 4. The van der Waals surface area contributed by atoms with Gasteiger partial charge in [0, 0.05) is 12.1 Å². The molecule has 0 saturated carbocycles. The van der Waals surface area contributed by atoms with Gasteiger partial charge in [0.1, 0.15) is 5.75 Å². The second-order valence-corrected chi connectivity index (χ2v) is 4.22. The summed E-state index contributed by atoms with van der Waals surface area (Å²) in [5.74, 6) is -0.466. The second kappa shape index (κ2) is 6.06.